The number of aromatic nitrogens is 2. The van der Waals surface area contributed by atoms with Crippen LogP contribution in [0, 0.1) is 23.2 Å². The molecule has 1 aliphatic heterocycles. The summed E-state index contributed by atoms with van der Waals surface area (Å²) in [6.07, 6.45) is 6.94. The van der Waals surface area contributed by atoms with Crippen LogP contribution in [0.2, 0.25) is 10.0 Å². The lowest BCUT2D eigenvalue weighted by Gasteiger charge is -2.61. The molecule has 240 valence electrons. The van der Waals surface area contributed by atoms with Gasteiger partial charge in [0.1, 0.15) is 0 Å². The second-order valence-electron chi connectivity index (χ2n) is 14.2. The number of piperidine rings is 1. The maximum Gasteiger partial charge on any atom is 0.261 e. The predicted octanol–water partition coefficient (Wildman–Crippen LogP) is 8.66. The Morgan fingerprint density at radius 2 is 1.80 bits per heavy atom. The zero-order chi connectivity index (χ0) is 32.0. The Labute approximate surface area is 281 Å². The number of benzene rings is 3. The molecule has 8 heteroatoms. The number of hydrogen-bond donors (Lipinski definition) is 1. The van der Waals surface area contributed by atoms with Crippen LogP contribution in [-0.4, -0.2) is 39.5 Å². The number of nitrogens with zero attached hydrogens (tertiary/aromatic N) is 4. The summed E-state index contributed by atoms with van der Waals surface area (Å²) < 4.78 is 1.65. The second-order valence-corrected chi connectivity index (χ2v) is 15.1. The van der Waals surface area contributed by atoms with Gasteiger partial charge in [-0.2, -0.15) is 0 Å². The van der Waals surface area contributed by atoms with E-state index in [1.807, 2.05) is 30.3 Å². The van der Waals surface area contributed by atoms with Gasteiger partial charge in [0.2, 0.25) is 0 Å². The first kappa shape index (κ1) is 31.3. The van der Waals surface area contributed by atoms with E-state index in [1.54, 1.807) is 17.0 Å². The number of nitrogens with one attached hydrogen (secondary N) is 1. The van der Waals surface area contributed by atoms with Crippen molar-refractivity contribution in [2.45, 2.75) is 71.4 Å². The van der Waals surface area contributed by atoms with Gasteiger partial charge in [0.25, 0.3) is 5.56 Å². The summed E-state index contributed by atoms with van der Waals surface area (Å²) in [5, 5.41) is 5.51. The number of hydrogen-bond acceptors (Lipinski definition) is 3. The van der Waals surface area contributed by atoms with Gasteiger partial charge in [-0.15, -0.1) is 0 Å². The molecule has 4 aromatic rings. The summed E-state index contributed by atoms with van der Waals surface area (Å²) in [5.74, 6) is 3.56. The van der Waals surface area contributed by atoms with Crippen molar-refractivity contribution in [3.8, 4) is 0 Å². The van der Waals surface area contributed by atoms with E-state index in [9.17, 15) is 4.79 Å². The molecule has 3 aliphatic carbocycles. The van der Waals surface area contributed by atoms with Gasteiger partial charge in [-0.1, -0.05) is 80.4 Å². The Kier molecular flexibility index (Phi) is 8.62. The van der Waals surface area contributed by atoms with Crippen LogP contribution < -0.4 is 10.9 Å². The van der Waals surface area contributed by atoms with Crippen molar-refractivity contribution in [1.82, 2.24) is 14.5 Å². The average molecular weight is 657 g/mol. The van der Waals surface area contributed by atoms with E-state index in [2.05, 4.69) is 66.3 Å². The van der Waals surface area contributed by atoms with Gasteiger partial charge < -0.3 is 10.2 Å². The number of likely N-dealkylation sites (tertiary alicyclic amines) is 1. The molecule has 3 saturated carbocycles. The summed E-state index contributed by atoms with van der Waals surface area (Å²) in [4.78, 5) is 26.0. The SMILES string of the molecule is C[C@@H]1[C@@H](N=C(Nc2ccc3c(=O)n(CCc4ccc(Cl)cc4Cl)cnc3c2)N2CCC(c3ccccc3)CC2)C[C@@H]2C[C@H]1C2(C)C. The molecule has 46 heavy (non-hydrogen) atoms. The summed E-state index contributed by atoms with van der Waals surface area (Å²) in [5.41, 5.74) is 4.32. The number of aryl methyl sites for hydroxylation is 2. The van der Waals surface area contributed by atoms with Crippen LogP contribution in [0.1, 0.15) is 63.5 Å². The van der Waals surface area contributed by atoms with Gasteiger partial charge in [-0.25, -0.2) is 9.98 Å². The van der Waals surface area contributed by atoms with E-state index in [0.717, 1.165) is 61.4 Å². The molecule has 1 aromatic heterocycles. The topological polar surface area (TPSA) is 62.5 Å². The third kappa shape index (κ3) is 6.06. The van der Waals surface area contributed by atoms with Gasteiger partial charge in [0.15, 0.2) is 5.96 Å². The Hall–Kier alpha value is -3.35. The summed E-state index contributed by atoms with van der Waals surface area (Å²) in [6.45, 7) is 9.69. The Bertz CT molecular complexity index is 1810. The monoisotopic (exact) mass is 655 g/mol. The van der Waals surface area contributed by atoms with Crippen molar-refractivity contribution >= 4 is 45.8 Å². The molecule has 6 nitrogen and oxygen atoms in total. The highest BCUT2D eigenvalue weighted by molar-refractivity contribution is 6.35. The van der Waals surface area contributed by atoms with Crippen LogP contribution in [0.3, 0.4) is 0 Å². The van der Waals surface area contributed by atoms with Crippen LogP contribution in [-0.2, 0) is 13.0 Å². The van der Waals surface area contributed by atoms with Gasteiger partial charge in [-0.3, -0.25) is 9.36 Å². The van der Waals surface area contributed by atoms with Gasteiger partial charge >= 0.3 is 0 Å². The van der Waals surface area contributed by atoms with E-state index in [1.165, 1.54) is 12.0 Å². The highest BCUT2D eigenvalue weighted by atomic mass is 35.5. The number of fused-ring (bicyclic) bond motifs is 3. The molecule has 0 amide bonds. The molecule has 0 unspecified atom stereocenters. The summed E-state index contributed by atoms with van der Waals surface area (Å²) >= 11 is 12.4. The zero-order valence-electron chi connectivity index (χ0n) is 26.9. The van der Waals surface area contributed by atoms with E-state index in [4.69, 9.17) is 28.2 Å². The molecule has 1 N–H and O–H groups in total. The third-order valence-electron chi connectivity index (χ3n) is 11.4. The van der Waals surface area contributed by atoms with Crippen molar-refractivity contribution in [3.63, 3.8) is 0 Å². The normalized spacial score (nSPS) is 24.5. The molecule has 4 atom stereocenters. The lowest BCUT2D eigenvalue weighted by atomic mass is 9.45. The van der Waals surface area contributed by atoms with Crippen LogP contribution in [0.5, 0.6) is 0 Å². The third-order valence-corrected chi connectivity index (χ3v) is 12.0. The molecule has 0 radical (unpaired) electrons. The lowest BCUT2D eigenvalue weighted by molar-refractivity contribution is -0.108. The van der Waals surface area contributed by atoms with E-state index in [-0.39, 0.29) is 5.56 Å². The molecule has 1 saturated heterocycles. The molecule has 2 heterocycles. The Balaban J connectivity index is 1.11. The van der Waals surface area contributed by atoms with Crippen LogP contribution in [0.4, 0.5) is 5.69 Å². The number of anilines is 1. The fourth-order valence-corrected chi connectivity index (χ4v) is 8.79. The number of guanidine groups is 1. The molecule has 3 aromatic carbocycles. The highest BCUT2D eigenvalue weighted by Gasteiger charge is 2.56. The van der Waals surface area contributed by atoms with E-state index < -0.39 is 0 Å². The van der Waals surface area contributed by atoms with Crippen molar-refractivity contribution in [2.75, 3.05) is 18.4 Å². The fraction of sp³-hybridized carbons (Fsp3) is 0.447. The minimum absolute atomic E-state index is 0.0589. The molecule has 4 fully saturated rings. The largest absolute Gasteiger partial charge is 0.343 e. The molecule has 2 bridgehead atoms. The first-order valence-electron chi connectivity index (χ1n) is 16.7. The number of halogens is 2. The smallest absolute Gasteiger partial charge is 0.261 e. The molecule has 8 rings (SSSR count). The summed E-state index contributed by atoms with van der Waals surface area (Å²) in [7, 11) is 0. The van der Waals surface area contributed by atoms with Crippen molar-refractivity contribution < 1.29 is 0 Å². The molecule has 0 spiro atoms. The van der Waals surface area contributed by atoms with Crippen LogP contribution >= 0.6 is 23.2 Å². The van der Waals surface area contributed by atoms with Crippen LogP contribution in [0.25, 0.3) is 10.9 Å². The number of aliphatic imine (C=N–C) groups is 1. The average Bonchev–Trinajstić information content (AvgIpc) is 3.06. The second kappa shape index (κ2) is 12.7. The highest BCUT2D eigenvalue weighted by Crippen LogP contribution is 2.61. The Morgan fingerprint density at radius 1 is 1.02 bits per heavy atom. The van der Waals surface area contributed by atoms with Gasteiger partial charge in [0, 0.05) is 35.4 Å². The van der Waals surface area contributed by atoms with E-state index in [0.29, 0.717) is 57.2 Å². The van der Waals surface area contributed by atoms with Gasteiger partial charge in [-0.05, 0) is 103 Å². The summed E-state index contributed by atoms with van der Waals surface area (Å²) in [6, 6.07) is 22.5. The molecular weight excluding hydrogens is 613 g/mol. The fourth-order valence-electron chi connectivity index (χ4n) is 8.28. The van der Waals surface area contributed by atoms with Crippen molar-refractivity contribution in [2.24, 2.45) is 28.2 Å². The van der Waals surface area contributed by atoms with E-state index >= 15 is 0 Å². The van der Waals surface area contributed by atoms with Crippen LogP contribution in [0.15, 0.2) is 82.8 Å². The van der Waals surface area contributed by atoms with Gasteiger partial charge in [0.05, 0.1) is 23.3 Å². The molecule has 4 aliphatic rings. The standard InChI is InChI=1S/C38H43Cl2N5O/c1-24-32-19-28(38(32,2)3)20-34(24)43-37(44-16-13-26(14-17-44)25-7-5-4-6-8-25)42-30-11-12-31-35(22-30)41-23-45(36(31)46)18-15-27-9-10-29(39)21-33(27)40/h4-12,21-24,26,28,32,34H,13-20H2,1-3H3,(H,42,43)/t24-,28-,32+,34-/m0/s1. The minimum Gasteiger partial charge on any atom is -0.343 e. The molecular formula is C38H43Cl2N5O. The first-order chi connectivity index (χ1) is 22.2. The zero-order valence-corrected chi connectivity index (χ0v) is 28.4. The first-order valence-corrected chi connectivity index (χ1v) is 17.5. The van der Waals surface area contributed by atoms with Crippen molar-refractivity contribution in [1.29, 1.82) is 0 Å². The predicted molar refractivity (Wildman–Crippen MR) is 190 cm³/mol. The lowest BCUT2D eigenvalue weighted by Crippen LogP contribution is -2.56. The maximum absolute atomic E-state index is 13.4. The van der Waals surface area contributed by atoms with Crippen molar-refractivity contribution in [3.05, 3.63) is 105 Å². The maximum atomic E-state index is 13.4. The Morgan fingerprint density at radius 3 is 2.52 bits per heavy atom. The number of rotatable bonds is 6. The minimum atomic E-state index is -0.0589. The quantitative estimate of drug-likeness (QED) is 0.167.